The molecule has 0 aliphatic carbocycles. The van der Waals surface area contributed by atoms with Gasteiger partial charge in [0.15, 0.2) is 0 Å². The van der Waals surface area contributed by atoms with Crippen molar-refractivity contribution in [3.63, 3.8) is 0 Å². The van der Waals surface area contributed by atoms with E-state index in [1.54, 1.807) is 18.2 Å². The predicted molar refractivity (Wildman–Crippen MR) is 60.5 cm³/mol. The number of amides is 2. The first-order valence-corrected chi connectivity index (χ1v) is 4.62. The minimum absolute atomic E-state index is 0.272. The van der Waals surface area contributed by atoms with Crippen LogP contribution in [-0.2, 0) is 0 Å². The number of hydrogen-bond donors (Lipinski definition) is 4. The summed E-state index contributed by atoms with van der Waals surface area (Å²) in [4.78, 5) is 10.4. The molecular formula is C8H8Cl2N4O. The van der Waals surface area contributed by atoms with E-state index in [9.17, 15) is 4.79 Å². The van der Waals surface area contributed by atoms with Gasteiger partial charge in [-0.05, 0) is 12.1 Å². The molecule has 0 fully saturated rings. The molecule has 5 nitrogen and oxygen atoms in total. The minimum Gasteiger partial charge on any atom is -0.351 e. The molecule has 80 valence electrons. The van der Waals surface area contributed by atoms with E-state index in [0.717, 1.165) is 0 Å². The zero-order valence-corrected chi connectivity index (χ0v) is 8.99. The molecule has 7 heteroatoms. The van der Waals surface area contributed by atoms with E-state index in [0.29, 0.717) is 10.7 Å². The monoisotopic (exact) mass is 246 g/mol. The van der Waals surface area contributed by atoms with Crippen molar-refractivity contribution in [3.05, 3.63) is 28.2 Å². The maximum atomic E-state index is 10.4. The normalized spacial score (nSPS) is 9.47. The maximum absolute atomic E-state index is 10.4. The summed E-state index contributed by atoms with van der Waals surface area (Å²) in [5.41, 5.74) is 5.24. The van der Waals surface area contributed by atoms with E-state index in [2.05, 4.69) is 5.32 Å². The molecule has 0 aliphatic heterocycles. The summed E-state index contributed by atoms with van der Waals surface area (Å²) in [7, 11) is 0. The molecule has 1 aromatic rings. The van der Waals surface area contributed by atoms with Gasteiger partial charge in [0.25, 0.3) is 0 Å². The van der Waals surface area contributed by atoms with E-state index < -0.39 is 6.03 Å². The van der Waals surface area contributed by atoms with E-state index >= 15 is 0 Å². The van der Waals surface area contributed by atoms with E-state index in [1.165, 1.54) is 0 Å². The van der Waals surface area contributed by atoms with Crippen molar-refractivity contribution in [1.82, 2.24) is 5.32 Å². The molecule has 1 aromatic carbocycles. The highest BCUT2D eigenvalue weighted by Gasteiger charge is 2.06. The lowest BCUT2D eigenvalue weighted by atomic mass is 10.3. The van der Waals surface area contributed by atoms with E-state index in [-0.39, 0.29) is 11.0 Å². The van der Waals surface area contributed by atoms with Crippen LogP contribution < -0.4 is 16.4 Å². The third kappa shape index (κ3) is 3.30. The molecule has 2 amide bonds. The van der Waals surface area contributed by atoms with E-state index in [4.69, 9.17) is 34.3 Å². The largest absolute Gasteiger partial charge is 0.351 e. The number of nitrogens with one attached hydrogen (secondary N) is 3. The Morgan fingerprint density at radius 3 is 2.67 bits per heavy atom. The van der Waals surface area contributed by atoms with Crippen LogP contribution in [0.25, 0.3) is 0 Å². The summed E-state index contributed by atoms with van der Waals surface area (Å²) in [6, 6.07) is 4.06. The number of urea groups is 1. The lowest BCUT2D eigenvalue weighted by Gasteiger charge is -2.09. The molecule has 0 heterocycles. The number of halogens is 2. The Hall–Kier alpha value is -1.46. The van der Waals surface area contributed by atoms with Crippen LogP contribution in [0.4, 0.5) is 10.5 Å². The lowest BCUT2D eigenvalue weighted by molar-refractivity contribution is 0.253. The van der Waals surface area contributed by atoms with Crippen LogP contribution in [0.15, 0.2) is 18.2 Å². The Labute approximate surface area is 96.1 Å². The molecular weight excluding hydrogens is 239 g/mol. The van der Waals surface area contributed by atoms with Gasteiger partial charge in [0.05, 0.1) is 15.7 Å². The maximum Gasteiger partial charge on any atom is 0.318 e. The van der Waals surface area contributed by atoms with Gasteiger partial charge in [0, 0.05) is 0 Å². The van der Waals surface area contributed by atoms with Crippen LogP contribution in [-0.4, -0.2) is 12.0 Å². The third-order valence-electron chi connectivity index (χ3n) is 1.46. The topological polar surface area (TPSA) is 91.0 Å². The van der Waals surface area contributed by atoms with Gasteiger partial charge in [-0.25, -0.2) is 4.79 Å². The number of carbonyl (C=O) groups excluding carboxylic acids is 1. The summed E-state index contributed by atoms with van der Waals surface area (Å²) < 4.78 is 0. The van der Waals surface area contributed by atoms with Crippen LogP contribution in [0.1, 0.15) is 0 Å². The first-order chi connectivity index (χ1) is 7.00. The summed E-state index contributed by atoms with van der Waals surface area (Å²) in [5, 5.41) is 12.5. The van der Waals surface area contributed by atoms with Gasteiger partial charge in [-0.15, -0.1) is 0 Å². The second kappa shape index (κ2) is 4.86. The van der Waals surface area contributed by atoms with Gasteiger partial charge in [0.2, 0.25) is 5.96 Å². The average Bonchev–Trinajstić information content (AvgIpc) is 2.11. The number of guanidine groups is 1. The highest BCUT2D eigenvalue weighted by Crippen LogP contribution is 2.29. The van der Waals surface area contributed by atoms with Crippen LogP contribution in [0, 0.1) is 5.41 Å². The molecule has 0 bridgehead atoms. The zero-order chi connectivity index (χ0) is 11.4. The molecule has 1 rings (SSSR count). The molecule has 5 N–H and O–H groups in total. The summed E-state index contributed by atoms with van der Waals surface area (Å²) >= 11 is 11.6. The second-order valence-corrected chi connectivity index (χ2v) is 3.38. The average molecular weight is 247 g/mol. The fourth-order valence-corrected chi connectivity index (χ4v) is 1.24. The minimum atomic E-state index is -0.828. The van der Waals surface area contributed by atoms with Gasteiger partial charge in [-0.3, -0.25) is 10.7 Å². The molecule has 15 heavy (non-hydrogen) atoms. The van der Waals surface area contributed by atoms with Crippen molar-refractivity contribution in [2.75, 3.05) is 5.32 Å². The van der Waals surface area contributed by atoms with Gasteiger partial charge < -0.3 is 11.1 Å². The van der Waals surface area contributed by atoms with Crippen molar-refractivity contribution >= 4 is 40.9 Å². The Morgan fingerprint density at radius 2 is 2.07 bits per heavy atom. The molecule has 0 radical (unpaired) electrons. The number of anilines is 1. The molecule has 0 atom stereocenters. The van der Waals surface area contributed by atoms with Crippen LogP contribution in [0.2, 0.25) is 10.0 Å². The van der Waals surface area contributed by atoms with Crippen LogP contribution in [0.5, 0.6) is 0 Å². The number of primary amides is 1. The quantitative estimate of drug-likeness (QED) is 0.451. The molecule has 0 unspecified atom stereocenters. The Balaban J connectivity index is 2.77. The number of benzene rings is 1. The fraction of sp³-hybridized carbons (Fsp3) is 0. The smallest absolute Gasteiger partial charge is 0.318 e. The van der Waals surface area contributed by atoms with Crippen molar-refractivity contribution in [1.29, 1.82) is 5.41 Å². The fourth-order valence-electron chi connectivity index (χ4n) is 0.889. The SMILES string of the molecule is N=C(NC(N)=O)Nc1cccc(Cl)c1Cl. The summed E-state index contributed by atoms with van der Waals surface area (Å²) in [6.45, 7) is 0. The van der Waals surface area contributed by atoms with Crippen LogP contribution >= 0.6 is 23.2 Å². The van der Waals surface area contributed by atoms with Crippen LogP contribution in [0.3, 0.4) is 0 Å². The van der Waals surface area contributed by atoms with E-state index in [1.807, 2.05) is 5.32 Å². The molecule has 0 aromatic heterocycles. The molecule has 0 saturated carbocycles. The summed E-state index contributed by atoms with van der Waals surface area (Å²) in [5.74, 6) is -0.272. The van der Waals surface area contributed by atoms with Crippen molar-refractivity contribution in [2.45, 2.75) is 0 Å². The van der Waals surface area contributed by atoms with Crippen molar-refractivity contribution in [3.8, 4) is 0 Å². The Morgan fingerprint density at radius 1 is 1.40 bits per heavy atom. The Kier molecular flexibility index (Phi) is 3.76. The molecule has 0 spiro atoms. The zero-order valence-electron chi connectivity index (χ0n) is 7.47. The number of rotatable bonds is 1. The third-order valence-corrected chi connectivity index (χ3v) is 2.28. The first-order valence-electron chi connectivity index (χ1n) is 3.86. The van der Waals surface area contributed by atoms with Gasteiger partial charge in [-0.2, -0.15) is 0 Å². The van der Waals surface area contributed by atoms with Gasteiger partial charge in [-0.1, -0.05) is 29.3 Å². The second-order valence-electron chi connectivity index (χ2n) is 2.59. The highest BCUT2D eigenvalue weighted by atomic mass is 35.5. The summed E-state index contributed by atoms with van der Waals surface area (Å²) in [6.07, 6.45) is 0. The van der Waals surface area contributed by atoms with Gasteiger partial charge in [0.1, 0.15) is 0 Å². The molecule has 0 saturated heterocycles. The van der Waals surface area contributed by atoms with Crippen molar-refractivity contribution < 1.29 is 4.79 Å². The Bertz CT molecular complexity index is 408. The number of carbonyl (C=O) groups is 1. The number of nitrogens with two attached hydrogens (primary N) is 1. The number of hydrogen-bond acceptors (Lipinski definition) is 2. The van der Waals surface area contributed by atoms with Crippen molar-refractivity contribution in [2.24, 2.45) is 5.73 Å². The predicted octanol–water partition coefficient (Wildman–Crippen LogP) is 2.01. The highest BCUT2D eigenvalue weighted by molar-refractivity contribution is 6.44. The lowest BCUT2D eigenvalue weighted by Crippen LogP contribution is -2.38. The first kappa shape index (κ1) is 11.6. The standard InChI is InChI=1S/C8H8Cl2N4O/c9-4-2-1-3-5(6(4)10)13-7(11)14-8(12)15/h1-3H,(H5,11,12,13,14,15). The molecule has 0 aliphatic rings. The van der Waals surface area contributed by atoms with Gasteiger partial charge >= 0.3 is 6.03 Å².